The molecule has 1 aliphatic heterocycles. The Kier molecular flexibility index (Phi) is 6.17. The van der Waals surface area contributed by atoms with Crippen molar-refractivity contribution in [3.8, 4) is 5.75 Å². The van der Waals surface area contributed by atoms with Gasteiger partial charge >= 0.3 is 0 Å². The van der Waals surface area contributed by atoms with Gasteiger partial charge in [-0.1, -0.05) is 23.9 Å². The van der Waals surface area contributed by atoms with Crippen molar-refractivity contribution in [2.75, 3.05) is 29.7 Å². The number of aromatic nitrogens is 1. The van der Waals surface area contributed by atoms with Crippen molar-refractivity contribution in [3.05, 3.63) is 48.0 Å². The Morgan fingerprint density at radius 3 is 2.74 bits per heavy atom. The fourth-order valence-electron chi connectivity index (χ4n) is 2.69. The maximum atomic E-state index is 12.2. The van der Waals surface area contributed by atoms with Crippen LogP contribution in [0.2, 0.25) is 0 Å². The first-order valence-corrected chi connectivity index (χ1v) is 12.6. The molecule has 4 rings (SSSR count). The Labute approximate surface area is 174 Å². The number of nitrogens with one attached hydrogen (secondary N) is 1. The minimum absolute atomic E-state index is 0.0108. The van der Waals surface area contributed by atoms with Gasteiger partial charge in [0.2, 0.25) is 0 Å². The quantitative estimate of drug-likeness (QED) is 0.516. The fourth-order valence-corrected chi connectivity index (χ4v) is 7.07. The second-order valence-corrected chi connectivity index (χ2v) is 10.7. The van der Waals surface area contributed by atoms with Crippen LogP contribution in [-0.2, 0) is 4.79 Å². The lowest BCUT2D eigenvalue weighted by atomic mass is 10.2. The summed E-state index contributed by atoms with van der Waals surface area (Å²) in [6.45, 7) is -0.0108. The van der Waals surface area contributed by atoms with E-state index in [0.29, 0.717) is 10.3 Å². The molecule has 0 spiro atoms. The molecule has 0 unspecified atom stereocenters. The van der Waals surface area contributed by atoms with E-state index in [0.717, 1.165) is 20.2 Å². The molecule has 0 saturated carbocycles. The van der Waals surface area contributed by atoms with Crippen LogP contribution in [0, 0.1) is 0 Å². The van der Waals surface area contributed by atoms with E-state index in [2.05, 4.69) is 22.4 Å². The summed E-state index contributed by atoms with van der Waals surface area (Å²) in [5.74, 6) is 2.96. The van der Waals surface area contributed by atoms with Gasteiger partial charge in [0.25, 0.3) is 5.91 Å². The van der Waals surface area contributed by atoms with Gasteiger partial charge in [-0.3, -0.25) is 4.79 Å². The number of thiazole rings is 1. The number of carbonyl (C=O) groups excluding carboxylic acids is 1. The minimum atomic E-state index is -0.171. The summed E-state index contributed by atoms with van der Waals surface area (Å²) in [6.07, 6.45) is 2.01. The van der Waals surface area contributed by atoms with Crippen LogP contribution in [0.3, 0.4) is 0 Å². The SMILES string of the molecule is CSc1nc2ccc(NC(=O)COc3ccc(C4SCCS4)cc3)cc2s1. The summed E-state index contributed by atoms with van der Waals surface area (Å²) in [4.78, 5) is 16.7. The van der Waals surface area contributed by atoms with Crippen LogP contribution < -0.4 is 10.1 Å². The topological polar surface area (TPSA) is 51.2 Å². The first-order valence-electron chi connectivity index (χ1n) is 8.42. The molecule has 0 radical (unpaired) electrons. The number of nitrogens with zero attached hydrogens (tertiary/aromatic N) is 1. The second-order valence-electron chi connectivity index (χ2n) is 5.85. The lowest BCUT2D eigenvalue weighted by molar-refractivity contribution is -0.118. The van der Waals surface area contributed by atoms with Crippen LogP contribution in [0.4, 0.5) is 5.69 Å². The minimum Gasteiger partial charge on any atom is -0.484 e. The average molecular weight is 435 g/mol. The number of amides is 1. The van der Waals surface area contributed by atoms with E-state index >= 15 is 0 Å². The number of anilines is 1. The smallest absolute Gasteiger partial charge is 0.262 e. The van der Waals surface area contributed by atoms with Crippen LogP contribution in [0.25, 0.3) is 10.2 Å². The molecule has 2 heterocycles. The number of fused-ring (bicyclic) bond motifs is 1. The van der Waals surface area contributed by atoms with Crippen molar-refractivity contribution in [1.82, 2.24) is 4.98 Å². The summed E-state index contributed by atoms with van der Waals surface area (Å²) in [5, 5.41) is 2.89. The zero-order valence-corrected chi connectivity index (χ0v) is 17.9. The van der Waals surface area contributed by atoms with E-state index in [9.17, 15) is 4.79 Å². The first kappa shape index (κ1) is 19.0. The second kappa shape index (κ2) is 8.77. The molecule has 140 valence electrons. The van der Waals surface area contributed by atoms with Gasteiger partial charge in [-0.15, -0.1) is 34.9 Å². The Morgan fingerprint density at radius 1 is 1.22 bits per heavy atom. The molecular formula is C19H18N2O2S4. The van der Waals surface area contributed by atoms with Crippen LogP contribution in [-0.4, -0.2) is 35.3 Å². The molecule has 1 aliphatic rings. The van der Waals surface area contributed by atoms with Gasteiger partial charge in [-0.25, -0.2) is 4.98 Å². The highest BCUT2D eigenvalue weighted by Crippen LogP contribution is 2.45. The monoisotopic (exact) mass is 434 g/mol. The van der Waals surface area contributed by atoms with E-state index in [-0.39, 0.29) is 12.5 Å². The van der Waals surface area contributed by atoms with Crippen molar-refractivity contribution in [1.29, 1.82) is 0 Å². The molecule has 8 heteroatoms. The van der Waals surface area contributed by atoms with E-state index in [1.54, 1.807) is 23.1 Å². The standard InChI is InChI=1S/C19H18N2O2S4/c1-24-19-21-15-7-4-13(10-16(15)27-19)20-17(22)11-23-14-5-2-12(3-6-14)18-25-8-9-26-18/h2-7,10,18H,8-9,11H2,1H3,(H,20,22). The van der Waals surface area contributed by atoms with Crippen molar-refractivity contribution >= 4 is 68.4 Å². The summed E-state index contributed by atoms with van der Waals surface area (Å²) in [6, 6.07) is 13.8. The lowest BCUT2D eigenvalue weighted by Gasteiger charge is -2.10. The molecule has 1 N–H and O–H groups in total. The third-order valence-corrected chi connectivity index (χ3v) is 9.08. The van der Waals surface area contributed by atoms with E-state index in [1.165, 1.54) is 17.1 Å². The third-order valence-electron chi connectivity index (χ3n) is 3.97. The molecule has 0 aliphatic carbocycles. The maximum Gasteiger partial charge on any atom is 0.262 e. The number of ether oxygens (including phenoxy) is 1. The van der Waals surface area contributed by atoms with Crippen molar-refractivity contribution in [3.63, 3.8) is 0 Å². The number of thioether (sulfide) groups is 3. The van der Waals surface area contributed by atoms with Gasteiger partial charge in [0.1, 0.15) is 5.75 Å². The van der Waals surface area contributed by atoms with Gasteiger partial charge in [0.05, 0.1) is 14.8 Å². The normalized spacial score (nSPS) is 14.6. The highest BCUT2D eigenvalue weighted by Gasteiger charge is 2.18. The van der Waals surface area contributed by atoms with Crippen LogP contribution in [0.15, 0.2) is 46.8 Å². The third kappa shape index (κ3) is 4.74. The number of benzene rings is 2. The van der Waals surface area contributed by atoms with E-state index in [1.807, 2.05) is 60.1 Å². The fraction of sp³-hybridized carbons (Fsp3) is 0.263. The van der Waals surface area contributed by atoms with Crippen molar-refractivity contribution < 1.29 is 9.53 Å². The van der Waals surface area contributed by atoms with E-state index in [4.69, 9.17) is 4.74 Å². The van der Waals surface area contributed by atoms with E-state index < -0.39 is 0 Å². The molecular weight excluding hydrogens is 416 g/mol. The highest BCUT2D eigenvalue weighted by atomic mass is 32.2. The van der Waals surface area contributed by atoms with Gasteiger partial charge in [-0.05, 0) is 42.2 Å². The van der Waals surface area contributed by atoms with Crippen LogP contribution in [0.1, 0.15) is 10.1 Å². The number of rotatable bonds is 6. The van der Waals surface area contributed by atoms with Gasteiger partial charge in [0, 0.05) is 17.2 Å². The first-order chi connectivity index (χ1) is 13.2. The Hall–Kier alpha value is -1.35. The number of hydrogen-bond donors (Lipinski definition) is 1. The summed E-state index contributed by atoms with van der Waals surface area (Å²) < 4.78 is 8.24. The maximum absolute atomic E-state index is 12.2. The summed E-state index contributed by atoms with van der Waals surface area (Å²) >= 11 is 7.21. The zero-order chi connectivity index (χ0) is 18.6. The summed E-state index contributed by atoms with van der Waals surface area (Å²) in [7, 11) is 0. The molecule has 1 saturated heterocycles. The Balaban J connectivity index is 1.32. The zero-order valence-electron chi connectivity index (χ0n) is 14.6. The van der Waals surface area contributed by atoms with Crippen molar-refractivity contribution in [2.45, 2.75) is 8.92 Å². The average Bonchev–Trinajstić information content (AvgIpc) is 3.36. The predicted molar refractivity (Wildman–Crippen MR) is 120 cm³/mol. The van der Waals surface area contributed by atoms with Gasteiger partial charge < -0.3 is 10.1 Å². The summed E-state index contributed by atoms with van der Waals surface area (Å²) in [5.41, 5.74) is 3.03. The molecule has 1 amide bonds. The molecule has 1 aromatic heterocycles. The molecule has 0 atom stereocenters. The Morgan fingerprint density at radius 2 is 2.00 bits per heavy atom. The number of carbonyl (C=O) groups is 1. The van der Waals surface area contributed by atoms with Gasteiger partial charge in [0.15, 0.2) is 10.9 Å². The molecule has 0 bridgehead atoms. The molecule has 1 fully saturated rings. The largest absolute Gasteiger partial charge is 0.484 e. The van der Waals surface area contributed by atoms with Crippen molar-refractivity contribution in [2.24, 2.45) is 0 Å². The Bertz CT molecular complexity index is 937. The highest BCUT2D eigenvalue weighted by molar-refractivity contribution is 8.19. The molecule has 4 nitrogen and oxygen atoms in total. The predicted octanol–water partition coefficient (Wildman–Crippen LogP) is 5.51. The molecule has 3 aromatic rings. The lowest BCUT2D eigenvalue weighted by Crippen LogP contribution is -2.20. The number of hydrogen-bond acceptors (Lipinski definition) is 7. The molecule has 27 heavy (non-hydrogen) atoms. The van der Waals surface area contributed by atoms with Crippen LogP contribution >= 0.6 is 46.6 Å². The molecule has 2 aromatic carbocycles. The van der Waals surface area contributed by atoms with Crippen LogP contribution in [0.5, 0.6) is 5.75 Å². The van der Waals surface area contributed by atoms with Gasteiger partial charge in [-0.2, -0.15) is 0 Å².